The van der Waals surface area contributed by atoms with Crippen LogP contribution in [0.1, 0.15) is 34.8 Å². The van der Waals surface area contributed by atoms with Gasteiger partial charge < -0.3 is 4.90 Å². The molecule has 2 aromatic heterocycles. The van der Waals surface area contributed by atoms with E-state index in [-0.39, 0.29) is 11.9 Å². The third kappa shape index (κ3) is 1.95. The predicted molar refractivity (Wildman–Crippen MR) is 70.5 cm³/mol. The minimum Gasteiger partial charge on any atom is -0.331 e. The average Bonchev–Trinajstić information content (AvgIpc) is 3.08. The zero-order valence-electron chi connectivity index (χ0n) is 10.2. The van der Waals surface area contributed by atoms with Gasteiger partial charge in [-0.1, -0.05) is 0 Å². The topological polar surface area (TPSA) is 38.1 Å². The molecule has 0 radical (unpaired) electrons. The molecule has 18 heavy (non-hydrogen) atoms. The second-order valence-electron chi connectivity index (χ2n) is 4.62. The number of amides is 1. The van der Waals surface area contributed by atoms with Gasteiger partial charge in [-0.2, -0.15) is 16.4 Å². The molecule has 0 aromatic carbocycles. The van der Waals surface area contributed by atoms with Gasteiger partial charge in [0.15, 0.2) is 0 Å². The molecule has 3 rings (SSSR count). The molecule has 2 aromatic rings. The van der Waals surface area contributed by atoms with Crippen molar-refractivity contribution in [3.63, 3.8) is 0 Å². The molecule has 1 fully saturated rings. The molecule has 1 atom stereocenters. The second-order valence-corrected chi connectivity index (χ2v) is 5.40. The molecule has 1 saturated heterocycles. The van der Waals surface area contributed by atoms with Crippen molar-refractivity contribution in [2.24, 2.45) is 7.05 Å². The summed E-state index contributed by atoms with van der Waals surface area (Å²) in [4.78, 5) is 14.4. The van der Waals surface area contributed by atoms with E-state index >= 15 is 0 Å². The van der Waals surface area contributed by atoms with Gasteiger partial charge in [0.05, 0.1) is 17.8 Å². The number of rotatable bonds is 2. The lowest BCUT2D eigenvalue weighted by Gasteiger charge is -2.23. The van der Waals surface area contributed by atoms with Crippen LogP contribution in [-0.2, 0) is 7.05 Å². The van der Waals surface area contributed by atoms with Gasteiger partial charge in [0, 0.05) is 19.8 Å². The van der Waals surface area contributed by atoms with E-state index in [4.69, 9.17) is 0 Å². The van der Waals surface area contributed by atoms with Gasteiger partial charge in [0.2, 0.25) is 0 Å². The maximum atomic E-state index is 12.4. The van der Waals surface area contributed by atoms with E-state index in [0.717, 1.165) is 19.4 Å². The minimum atomic E-state index is 0.0943. The Morgan fingerprint density at radius 2 is 2.44 bits per heavy atom. The summed E-state index contributed by atoms with van der Waals surface area (Å²) in [6.07, 6.45) is 5.56. The van der Waals surface area contributed by atoms with Gasteiger partial charge in [-0.05, 0) is 35.2 Å². The minimum absolute atomic E-state index is 0.0943. The quantitative estimate of drug-likeness (QED) is 0.833. The lowest BCUT2D eigenvalue weighted by molar-refractivity contribution is 0.0736. The SMILES string of the molecule is Cn1cc(C(=O)N2CCCC2c2ccsc2)cn1. The van der Waals surface area contributed by atoms with Crippen LogP contribution in [0.15, 0.2) is 29.2 Å². The number of aryl methyl sites for hydroxylation is 1. The highest BCUT2D eigenvalue weighted by atomic mass is 32.1. The molecule has 0 bridgehead atoms. The molecular weight excluding hydrogens is 246 g/mol. The number of likely N-dealkylation sites (tertiary alicyclic amines) is 1. The van der Waals surface area contributed by atoms with Crippen LogP contribution in [0.4, 0.5) is 0 Å². The largest absolute Gasteiger partial charge is 0.331 e. The van der Waals surface area contributed by atoms with E-state index in [1.54, 1.807) is 28.4 Å². The van der Waals surface area contributed by atoms with Gasteiger partial charge in [0.25, 0.3) is 5.91 Å². The van der Waals surface area contributed by atoms with Crippen molar-refractivity contribution in [3.05, 3.63) is 40.3 Å². The molecule has 1 amide bonds. The van der Waals surface area contributed by atoms with Crippen LogP contribution >= 0.6 is 11.3 Å². The van der Waals surface area contributed by atoms with E-state index in [9.17, 15) is 4.79 Å². The molecule has 0 saturated carbocycles. The number of aromatic nitrogens is 2. The highest BCUT2D eigenvalue weighted by Crippen LogP contribution is 2.33. The Morgan fingerprint density at radius 3 is 3.11 bits per heavy atom. The van der Waals surface area contributed by atoms with Crippen molar-refractivity contribution in [1.82, 2.24) is 14.7 Å². The highest BCUT2D eigenvalue weighted by molar-refractivity contribution is 7.07. The van der Waals surface area contributed by atoms with Crippen molar-refractivity contribution < 1.29 is 4.79 Å². The molecule has 0 N–H and O–H groups in total. The molecule has 94 valence electrons. The van der Waals surface area contributed by atoms with E-state index in [2.05, 4.69) is 21.9 Å². The summed E-state index contributed by atoms with van der Waals surface area (Å²) in [5, 5.41) is 8.28. The molecule has 4 nitrogen and oxygen atoms in total. The fourth-order valence-corrected chi connectivity index (χ4v) is 3.23. The van der Waals surface area contributed by atoms with Gasteiger partial charge in [0.1, 0.15) is 0 Å². The number of hydrogen-bond acceptors (Lipinski definition) is 3. The van der Waals surface area contributed by atoms with Crippen LogP contribution in [0, 0.1) is 0 Å². The molecular formula is C13H15N3OS. The third-order valence-corrected chi connectivity index (χ3v) is 4.09. The van der Waals surface area contributed by atoms with E-state index in [1.807, 2.05) is 11.9 Å². The Bertz CT molecular complexity index is 546. The molecule has 5 heteroatoms. The summed E-state index contributed by atoms with van der Waals surface area (Å²) in [6, 6.07) is 2.36. The van der Waals surface area contributed by atoms with E-state index in [1.165, 1.54) is 5.56 Å². The zero-order chi connectivity index (χ0) is 12.5. The molecule has 3 heterocycles. The van der Waals surface area contributed by atoms with Gasteiger partial charge in [-0.3, -0.25) is 9.48 Å². The first-order valence-electron chi connectivity index (χ1n) is 6.07. The first-order chi connectivity index (χ1) is 8.75. The van der Waals surface area contributed by atoms with Crippen LogP contribution in [0.5, 0.6) is 0 Å². The molecule has 0 aliphatic carbocycles. The van der Waals surface area contributed by atoms with Gasteiger partial charge in [-0.15, -0.1) is 0 Å². The number of nitrogens with zero attached hydrogens (tertiary/aromatic N) is 3. The first kappa shape index (κ1) is 11.5. The molecule has 1 aliphatic rings. The van der Waals surface area contributed by atoms with Gasteiger partial charge in [-0.25, -0.2) is 0 Å². The Labute approximate surface area is 110 Å². The van der Waals surface area contributed by atoms with Crippen molar-refractivity contribution in [2.75, 3.05) is 6.54 Å². The monoisotopic (exact) mass is 261 g/mol. The maximum Gasteiger partial charge on any atom is 0.257 e. The Morgan fingerprint density at radius 1 is 1.56 bits per heavy atom. The number of thiophene rings is 1. The van der Waals surface area contributed by atoms with E-state index in [0.29, 0.717) is 5.56 Å². The van der Waals surface area contributed by atoms with Crippen LogP contribution in [0.3, 0.4) is 0 Å². The van der Waals surface area contributed by atoms with Crippen molar-refractivity contribution >= 4 is 17.2 Å². The number of hydrogen-bond donors (Lipinski definition) is 0. The lowest BCUT2D eigenvalue weighted by atomic mass is 10.1. The fraction of sp³-hybridized carbons (Fsp3) is 0.385. The third-order valence-electron chi connectivity index (χ3n) is 3.39. The first-order valence-corrected chi connectivity index (χ1v) is 7.01. The average molecular weight is 261 g/mol. The van der Waals surface area contributed by atoms with E-state index < -0.39 is 0 Å². The van der Waals surface area contributed by atoms with Crippen molar-refractivity contribution in [1.29, 1.82) is 0 Å². The number of carbonyl (C=O) groups is 1. The van der Waals surface area contributed by atoms with Crippen molar-refractivity contribution in [3.8, 4) is 0 Å². The normalized spacial score (nSPS) is 19.4. The molecule has 1 aliphatic heterocycles. The Hall–Kier alpha value is -1.62. The predicted octanol–water partition coefficient (Wildman–Crippen LogP) is 2.46. The smallest absolute Gasteiger partial charge is 0.257 e. The van der Waals surface area contributed by atoms with Crippen LogP contribution in [0.2, 0.25) is 0 Å². The summed E-state index contributed by atoms with van der Waals surface area (Å²) >= 11 is 1.69. The van der Waals surface area contributed by atoms with Gasteiger partial charge >= 0.3 is 0 Å². The second kappa shape index (κ2) is 4.57. The maximum absolute atomic E-state index is 12.4. The zero-order valence-corrected chi connectivity index (χ0v) is 11.1. The summed E-state index contributed by atoms with van der Waals surface area (Å²) in [5.74, 6) is 0.0943. The Balaban J connectivity index is 1.85. The van der Waals surface area contributed by atoms with Crippen LogP contribution < -0.4 is 0 Å². The summed E-state index contributed by atoms with van der Waals surface area (Å²) in [5.41, 5.74) is 1.94. The summed E-state index contributed by atoms with van der Waals surface area (Å²) < 4.78 is 1.67. The number of carbonyl (C=O) groups excluding carboxylic acids is 1. The highest BCUT2D eigenvalue weighted by Gasteiger charge is 2.31. The standard InChI is InChI=1S/C13H15N3OS/c1-15-8-11(7-14-15)13(17)16-5-2-3-12(16)10-4-6-18-9-10/h4,6-9,12H,2-3,5H2,1H3. The Kier molecular flexibility index (Phi) is 2.91. The van der Waals surface area contributed by atoms with Crippen LogP contribution in [-0.4, -0.2) is 27.1 Å². The summed E-state index contributed by atoms with van der Waals surface area (Å²) in [6.45, 7) is 0.842. The fourth-order valence-electron chi connectivity index (χ4n) is 2.52. The molecule has 0 spiro atoms. The molecule has 1 unspecified atom stereocenters. The van der Waals surface area contributed by atoms with Crippen LogP contribution in [0.25, 0.3) is 0 Å². The lowest BCUT2D eigenvalue weighted by Crippen LogP contribution is -2.30. The summed E-state index contributed by atoms with van der Waals surface area (Å²) in [7, 11) is 1.83. The van der Waals surface area contributed by atoms with Crippen molar-refractivity contribution in [2.45, 2.75) is 18.9 Å².